The van der Waals surface area contributed by atoms with Gasteiger partial charge in [0, 0.05) is 5.57 Å². The SMILES string of the molecule is C=C(CC)C(=O)Cl.O=CCl. The summed E-state index contributed by atoms with van der Waals surface area (Å²) < 4.78 is 0. The van der Waals surface area contributed by atoms with E-state index in [9.17, 15) is 4.79 Å². The number of carbonyl (C=O) groups excluding carboxylic acids is 2. The van der Waals surface area contributed by atoms with E-state index in [1.807, 2.05) is 6.92 Å². The van der Waals surface area contributed by atoms with E-state index in [0.29, 0.717) is 12.0 Å². The highest BCUT2D eigenvalue weighted by Gasteiger charge is 1.95. The zero-order valence-electron chi connectivity index (χ0n) is 5.56. The highest BCUT2D eigenvalue weighted by molar-refractivity contribution is 6.67. The Balaban J connectivity index is 0. The topological polar surface area (TPSA) is 34.1 Å². The molecule has 0 bridgehead atoms. The van der Waals surface area contributed by atoms with Crippen molar-refractivity contribution in [3.8, 4) is 0 Å². The number of hydrogen-bond donors (Lipinski definition) is 0. The molecule has 0 aliphatic heterocycles. The van der Waals surface area contributed by atoms with Crippen molar-refractivity contribution in [3.05, 3.63) is 12.2 Å². The molecule has 0 saturated heterocycles. The van der Waals surface area contributed by atoms with Gasteiger partial charge in [0.25, 0.3) is 0 Å². The maximum Gasteiger partial charge on any atom is 0.247 e. The highest BCUT2D eigenvalue weighted by Crippen LogP contribution is 1.99. The lowest BCUT2D eigenvalue weighted by Crippen LogP contribution is -1.86. The first-order valence-electron chi connectivity index (χ1n) is 2.51. The second kappa shape index (κ2) is 8.66. The van der Waals surface area contributed by atoms with E-state index in [-0.39, 0.29) is 5.75 Å². The Bertz CT molecular complexity index is 132. The average Bonchev–Trinajstić information content (AvgIpc) is 1.88. The van der Waals surface area contributed by atoms with E-state index in [0.717, 1.165) is 0 Å². The molecule has 0 heterocycles. The Morgan fingerprint density at radius 1 is 1.70 bits per heavy atom. The fourth-order valence-electron chi connectivity index (χ4n) is 0.139. The van der Waals surface area contributed by atoms with Crippen LogP contribution in [0.1, 0.15) is 13.3 Å². The molecule has 10 heavy (non-hydrogen) atoms. The van der Waals surface area contributed by atoms with Gasteiger partial charge >= 0.3 is 0 Å². The van der Waals surface area contributed by atoms with Crippen LogP contribution in [0.5, 0.6) is 0 Å². The highest BCUT2D eigenvalue weighted by atomic mass is 35.5. The minimum absolute atomic E-state index is 0.222. The maximum atomic E-state index is 10.0. The van der Waals surface area contributed by atoms with Crippen molar-refractivity contribution in [1.29, 1.82) is 0 Å². The molecule has 0 aromatic carbocycles. The first-order valence-corrected chi connectivity index (χ1v) is 3.33. The van der Waals surface area contributed by atoms with Gasteiger partial charge in [-0.3, -0.25) is 9.59 Å². The quantitative estimate of drug-likeness (QED) is 0.373. The Morgan fingerprint density at radius 2 is 2.00 bits per heavy atom. The molecular weight excluding hydrogens is 175 g/mol. The number of carbonyl (C=O) groups is 2. The largest absolute Gasteiger partial charge is 0.285 e. The third-order valence-electron chi connectivity index (χ3n) is 0.705. The Labute approximate surface area is 69.8 Å². The van der Waals surface area contributed by atoms with Crippen LogP contribution in [0.25, 0.3) is 0 Å². The summed E-state index contributed by atoms with van der Waals surface area (Å²) in [4.78, 5) is 18.6. The van der Waals surface area contributed by atoms with Gasteiger partial charge in [-0.05, 0) is 29.6 Å². The summed E-state index contributed by atoms with van der Waals surface area (Å²) in [5.74, 6) is 0.222. The normalized spacial score (nSPS) is 7.10. The maximum absolute atomic E-state index is 10.0. The summed E-state index contributed by atoms with van der Waals surface area (Å²) in [5.41, 5.74) is 0.474. The Morgan fingerprint density at radius 3 is 2.00 bits per heavy atom. The summed E-state index contributed by atoms with van der Waals surface area (Å²) in [6.45, 7) is 5.23. The third-order valence-corrected chi connectivity index (χ3v) is 0.972. The molecule has 0 aliphatic carbocycles. The molecule has 0 aliphatic rings. The van der Waals surface area contributed by atoms with Gasteiger partial charge in [0.1, 0.15) is 0 Å². The predicted molar refractivity (Wildman–Crippen MR) is 42.9 cm³/mol. The van der Waals surface area contributed by atoms with Crippen molar-refractivity contribution in [2.45, 2.75) is 13.3 Å². The molecule has 0 atom stereocenters. The molecule has 0 radical (unpaired) electrons. The molecule has 2 nitrogen and oxygen atoms in total. The lowest BCUT2D eigenvalue weighted by Gasteiger charge is -1.86. The number of allylic oxidation sites excluding steroid dienone is 1. The van der Waals surface area contributed by atoms with E-state index in [1.165, 1.54) is 0 Å². The Kier molecular flexibility index (Phi) is 10.7. The van der Waals surface area contributed by atoms with Gasteiger partial charge in [0.15, 0.2) is 0 Å². The first kappa shape index (κ1) is 12.3. The molecule has 0 aromatic heterocycles. The summed E-state index contributed by atoms with van der Waals surface area (Å²) in [6.07, 6.45) is 0.641. The van der Waals surface area contributed by atoms with Gasteiger partial charge in [0.05, 0.1) is 0 Å². The number of rotatable bonds is 2. The molecule has 0 N–H and O–H groups in total. The molecule has 0 amide bonds. The van der Waals surface area contributed by atoms with E-state index in [1.54, 1.807) is 0 Å². The van der Waals surface area contributed by atoms with Crippen molar-refractivity contribution in [2.75, 3.05) is 0 Å². The number of halogens is 2. The predicted octanol–water partition coefficient (Wildman–Crippen LogP) is 2.13. The number of hydrogen-bond acceptors (Lipinski definition) is 2. The molecule has 0 saturated carbocycles. The molecular formula is C6H8Cl2O2. The van der Waals surface area contributed by atoms with Crippen molar-refractivity contribution in [3.63, 3.8) is 0 Å². The van der Waals surface area contributed by atoms with Crippen molar-refractivity contribution < 1.29 is 9.59 Å². The molecule has 58 valence electrons. The molecule has 0 spiro atoms. The second-order valence-corrected chi connectivity index (χ2v) is 1.84. The molecule has 0 fully saturated rings. The van der Waals surface area contributed by atoms with Crippen LogP contribution in [0.3, 0.4) is 0 Å². The van der Waals surface area contributed by atoms with Gasteiger partial charge in [-0.25, -0.2) is 0 Å². The first-order chi connectivity index (χ1) is 4.59. The van der Waals surface area contributed by atoms with Crippen LogP contribution in [0.2, 0.25) is 0 Å². The second-order valence-electron chi connectivity index (χ2n) is 1.32. The van der Waals surface area contributed by atoms with Crippen LogP contribution in [0.15, 0.2) is 12.2 Å². The van der Waals surface area contributed by atoms with Crippen LogP contribution in [0, 0.1) is 0 Å². The molecule has 0 aromatic rings. The molecule has 0 rings (SSSR count). The summed E-state index contributed by atoms with van der Waals surface area (Å²) >= 11 is 9.31. The molecule has 0 unspecified atom stereocenters. The van der Waals surface area contributed by atoms with Gasteiger partial charge in [-0.2, -0.15) is 0 Å². The summed E-state index contributed by atoms with van der Waals surface area (Å²) in [6, 6.07) is 0. The fraction of sp³-hybridized carbons (Fsp3) is 0.333. The van der Waals surface area contributed by atoms with Gasteiger partial charge in [0.2, 0.25) is 11.0 Å². The van der Waals surface area contributed by atoms with Crippen molar-refractivity contribution in [1.82, 2.24) is 0 Å². The van der Waals surface area contributed by atoms with E-state index >= 15 is 0 Å². The van der Waals surface area contributed by atoms with Crippen LogP contribution >= 0.6 is 23.2 Å². The third kappa shape index (κ3) is 10.6. The summed E-state index contributed by atoms with van der Waals surface area (Å²) in [7, 11) is 0. The fourth-order valence-corrected chi connectivity index (χ4v) is 0.273. The van der Waals surface area contributed by atoms with Gasteiger partial charge in [-0.1, -0.05) is 13.5 Å². The monoisotopic (exact) mass is 182 g/mol. The van der Waals surface area contributed by atoms with Crippen LogP contribution < -0.4 is 0 Å². The van der Waals surface area contributed by atoms with Crippen LogP contribution in [-0.2, 0) is 9.59 Å². The lowest BCUT2D eigenvalue weighted by atomic mass is 10.3. The zero-order valence-corrected chi connectivity index (χ0v) is 7.08. The van der Waals surface area contributed by atoms with E-state index in [4.69, 9.17) is 16.4 Å². The minimum Gasteiger partial charge on any atom is -0.285 e. The van der Waals surface area contributed by atoms with Gasteiger partial charge < -0.3 is 0 Å². The smallest absolute Gasteiger partial charge is 0.247 e. The molecule has 4 heteroatoms. The van der Waals surface area contributed by atoms with E-state index < -0.39 is 5.24 Å². The van der Waals surface area contributed by atoms with Crippen LogP contribution in [0.4, 0.5) is 0 Å². The lowest BCUT2D eigenvalue weighted by molar-refractivity contribution is -0.108. The van der Waals surface area contributed by atoms with E-state index in [2.05, 4.69) is 18.2 Å². The zero-order chi connectivity index (χ0) is 8.57. The Hall–Kier alpha value is -0.340. The van der Waals surface area contributed by atoms with Gasteiger partial charge in [-0.15, -0.1) is 0 Å². The van der Waals surface area contributed by atoms with Crippen molar-refractivity contribution >= 4 is 34.2 Å². The average molecular weight is 183 g/mol. The van der Waals surface area contributed by atoms with Crippen molar-refractivity contribution in [2.24, 2.45) is 0 Å². The summed E-state index contributed by atoms with van der Waals surface area (Å²) in [5, 5.41) is -0.428. The minimum atomic E-state index is -0.428. The standard InChI is InChI=1S/C5H7ClO.CHClO/c1-3-4(2)5(6)7;2-1-3/h2-3H2,1H3;1H. The van der Waals surface area contributed by atoms with Crippen LogP contribution in [-0.4, -0.2) is 11.0 Å².